The number of Topliss-reactive ketones (excluding diaryl/α,β-unsaturated/α-hetero) is 1. The van der Waals surface area contributed by atoms with Gasteiger partial charge in [0, 0.05) is 12.3 Å². The molecule has 24 heavy (non-hydrogen) atoms. The molecule has 0 aromatic rings. The molecule has 3 unspecified atom stereocenters. The topological polar surface area (TPSA) is 43.4 Å². The van der Waals surface area contributed by atoms with E-state index in [-0.39, 0.29) is 28.4 Å². The third-order valence-electron chi connectivity index (χ3n) is 6.93. The summed E-state index contributed by atoms with van der Waals surface area (Å²) in [5.41, 5.74) is -0.577. The maximum absolute atomic E-state index is 12.6. The van der Waals surface area contributed by atoms with Crippen LogP contribution < -0.4 is 0 Å². The lowest BCUT2D eigenvalue weighted by atomic mass is 9.49. The highest BCUT2D eigenvalue weighted by Gasteiger charge is 2.61. The molecule has 2 saturated carbocycles. The second-order valence-electron chi connectivity index (χ2n) is 8.29. The van der Waals surface area contributed by atoms with Crippen molar-refractivity contribution in [1.82, 2.24) is 0 Å². The third-order valence-corrected chi connectivity index (χ3v) is 6.93. The van der Waals surface area contributed by atoms with E-state index in [0.717, 1.165) is 12.8 Å². The SMILES string of the molecule is CC([C@H](C)OC(=O)C(F)(F)F)C12CCC(=O)C1C(C)(C)[C@H](C)CC2. The number of rotatable bonds is 3. The van der Waals surface area contributed by atoms with Crippen molar-refractivity contribution in [2.24, 2.45) is 28.6 Å². The van der Waals surface area contributed by atoms with Crippen molar-refractivity contribution in [3.05, 3.63) is 0 Å². The van der Waals surface area contributed by atoms with Gasteiger partial charge in [-0.2, -0.15) is 13.2 Å². The summed E-state index contributed by atoms with van der Waals surface area (Å²) in [5.74, 6) is -2.06. The Labute approximate surface area is 141 Å². The minimum absolute atomic E-state index is 0.184. The third kappa shape index (κ3) is 2.97. The fraction of sp³-hybridized carbons (Fsp3) is 0.889. The molecule has 138 valence electrons. The summed E-state index contributed by atoms with van der Waals surface area (Å²) in [6, 6.07) is 0. The van der Waals surface area contributed by atoms with Gasteiger partial charge in [-0.05, 0) is 48.9 Å². The molecular formula is C18H27F3O3. The van der Waals surface area contributed by atoms with Crippen molar-refractivity contribution in [2.45, 2.75) is 72.6 Å². The molecule has 0 aliphatic heterocycles. The highest BCUT2D eigenvalue weighted by atomic mass is 19.4. The van der Waals surface area contributed by atoms with Crippen LogP contribution in [0.1, 0.15) is 60.3 Å². The first kappa shape index (κ1) is 19.3. The van der Waals surface area contributed by atoms with Crippen molar-refractivity contribution in [3.8, 4) is 0 Å². The Balaban J connectivity index is 2.28. The Hall–Kier alpha value is -1.07. The first-order valence-corrected chi connectivity index (χ1v) is 8.64. The van der Waals surface area contributed by atoms with Gasteiger partial charge in [-0.25, -0.2) is 4.79 Å². The van der Waals surface area contributed by atoms with Crippen LogP contribution in [0.2, 0.25) is 0 Å². The number of ketones is 1. The molecule has 6 heteroatoms. The molecule has 2 rings (SSSR count). The van der Waals surface area contributed by atoms with Gasteiger partial charge in [0.15, 0.2) is 0 Å². The number of halogens is 3. The molecular weight excluding hydrogens is 321 g/mol. The Morgan fingerprint density at radius 2 is 1.83 bits per heavy atom. The van der Waals surface area contributed by atoms with Crippen molar-refractivity contribution < 1.29 is 27.5 Å². The van der Waals surface area contributed by atoms with E-state index in [9.17, 15) is 22.8 Å². The molecule has 0 bridgehead atoms. The summed E-state index contributed by atoms with van der Waals surface area (Å²) < 4.78 is 42.2. The van der Waals surface area contributed by atoms with Gasteiger partial charge >= 0.3 is 12.1 Å². The van der Waals surface area contributed by atoms with Gasteiger partial charge in [-0.1, -0.05) is 27.7 Å². The normalized spacial score (nSPS) is 35.2. The summed E-state index contributed by atoms with van der Waals surface area (Å²) in [4.78, 5) is 23.8. The van der Waals surface area contributed by atoms with Gasteiger partial charge in [0.25, 0.3) is 0 Å². The molecule has 2 fully saturated rings. The van der Waals surface area contributed by atoms with Crippen molar-refractivity contribution in [2.75, 3.05) is 0 Å². The monoisotopic (exact) mass is 348 g/mol. The number of hydrogen-bond donors (Lipinski definition) is 0. The van der Waals surface area contributed by atoms with Gasteiger partial charge < -0.3 is 4.74 Å². The zero-order valence-corrected chi connectivity index (χ0v) is 15.0. The minimum atomic E-state index is -4.99. The molecule has 2 aliphatic carbocycles. The quantitative estimate of drug-likeness (QED) is 0.704. The van der Waals surface area contributed by atoms with Crippen molar-refractivity contribution in [3.63, 3.8) is 0 Å². The van der Waals surface area contributed by atoms with Crippen LogP contribution >= 0.6 is 0 Å². The smallest absolute Gasteiger partial charge is 0.456 e. The maximum Gasteiger partial charge on any atom is 0.490 e. The number of hydrogen-bond acceptors (Lipinski definition) is 3. The lowest BCUT2D eigenvalue weighted by Crippen LogP contribution is -2.52. The Morgan fingerprint density at radius 1 is 1.25 bits per heavy atom. The van der Waals surface area contributed by atoms with Crippen LogP contribution in [0.25, 0.3) is 0 Å². The number of ether oxygens (including phenoxy) is 1. The van der Waals surface area contributed by atoms with Crippen LogP contribution in [-0.4, -0.2) is 24.0 Å². The first-order chi connectivity index (χ1) is 10.8. The van der Waals surface area contributed by atoms with E-state index in [0.29, 0.717) is 18.8 Å². The molecule has 5 atom stereocenters. The Morgan fingerprint density at radius 3 is 2.38 bits per heavy atom. The Bertz CT molecular complexity index is 526. The molecule has 3 nitrogen and oxygen atoms in total. The summed E-state index contributed by atoms with van der Waals surface area (Å²) >= 11 is 0. The van der Waals surface area contributed by atoms with Gasteiger partial charge in [0.2, 0.25) is 0 Å². The average molecular weight is 348 g/mol. The number of esters is 1. The lowest BCUT2D eigenvalue weighted by molar-refractivity contribution is -0.210. The number of carbonyl (C=O) groups is 2. The molecule has 0 heterocycles. The number of alkyl halides is 3. The van der Waals surface area contributed by atoms with Crippen LogP contribution in [0.5, 0.6) is 0 Å². The molecule has 2 aliphatic rings. The van der Waals surface area contributed by atoms with Crippen molar-refractivity contribution >= 4 is 11.8 Å². The van der Waals surface area contributed by atoms with Crippen LogP contribution in [0.3, 0.4) is 0 Å². The summed E-state index contributed by atoms with van der Waals surface area (Å²) in [7, 11) is 0. The second-order valence-corrected chi connectivity index (χ2v) is 8.29. The van der Waals surface area contributed by atoms with Crippen LogP contribution in [0, 0.1) is 28.6 Å². The standard InChI is InChI=1S/C18H27F3O3/c1-10-6-8-17(9-7-13(22)14(17)16(10,4)5)11(2)12(3)24-15(23)18(19,20)21/h10-12,14H,6-9H2,1-5H3/t10-,11?,12+,14?,17?/m1/s1. The van der Waals surface area contributed by atoms with E-state index >= 15 is 0 Å². The van der Waals surface area contributed by atoms with Crippen LogP contribution in [0.15, 0.2) is 0 Å². The highest BCUT2D eigenvalue weighted by molar-refractivity contribution is 5.85. The summed E-state index contributed by atoms with van der Waals surface area (Å²) in [6.45, 7) is 9.63. The number of carbonyl (C=O) groups excluding carboxylic acids is 2. The Kier molecular flexibility index (Phi) is 4.83. The van der Waals surface area contributed by atoms with Crippen LogP contribution in [-0.2, 0) is 14.3 Å². The predicted molar refractivity (Wildman–Crippen MR) is 83.1 cm³/mol. The molecule has 0 spiro atoms. The zero-order chi connectivity index (χ0) is 18.5. The average Bonchev–Trinajstić information content (AvgIpc) is 2.81. The second kappa shape index (κ2) is 6.03. The molecule has 0 saturated heterocycles. The first-order valence-electron chi connectivity index (χ1n) is 8.64. The van der Waals surface area contributed by atoms with Gasteiger partial charge in [-0.3, -0.25) is 4.79 Å². The largest absolute Gasteiger partial charge is 0.490 e. The molecule has 0 amide bonds. The van der Waals surface area contributed by atoms with Gasteiger partial charge in [0.05, 0.1) is 0 Å². The molecule has 0 N–H and O–H groups in total. The van der Waals surface area contributed by atoms with Crippen molar-refractivity contribution in [1.29, 1.82) is 0 Å². The van der Waals surface area contributed by atoms with E-state index in [4.69, 9.17) is 0 Å². The summed E-state index contributed by atoms with van der Waals surface area (Å²) in [5, 5.41) is 0. The van der Waals surface area contributed by atoms with E-state index in [1.165, 1.54) is 6.92 Å². The highest BCUT2D eigenvalue weighted by Crippen LogP contribution is 2.63. The summed E-state index contributed by atoms with van der Waals surface area (Å²) in [6.07, 6.45) is -3.01. The molecule has 0 aromatic carbocycles. The van der Waals surface area contributed by atoms with E-state index in [2.05, 4.69) is 25.5 Å². The van der Waals surface area contributed by atoms with E-state index in [1.54, 1.807) is 0 Å². The maximum atomic E-state index is 12.6. The molecule has 0 radical (unpaired) electrons. The lowest BCUT2D eigenvalue weighted by Gasteiger charge is -2.54. The van der Waals surface area contributed by atoms with Crippen LogP contribution in [0.4, 0.5) is 13.2 Å². The zero-order valence-electron chi connectivity index (χ0n) is 15.0. The fourth-order valence-corrected chi connectivity index (χ4v) is 5.06. The molecule has 0 aromatic heterocycles. The van der Waals surface area contributed by atoms with Gasteiger partial charge in [0.1, 0.15) is 11.9 Å². The fourth-order valence-electron chi connectivity index (χ4n) is 5.06. The van der Waals surface area contributed by atoms with E-state index < -0.39 is 18.2 Å². The minimum Gasteiger partial charge on any atom is -0.456 e. The predicted octanol–water partition coefficient (Wildman–Crippen LogP) is 4.54. The van der Waals surface area contributed by atoms with E-state index in [1.807, 2.05) is 6.92 Å². The number of fused-ring (bicyclic) bond motifs is 1. The van der Waals surface area contributed by atoms with Gasteiger partial charge in [-0.15, -0.1) is 0 Å².